The van der Waals surface area contributed by atoms with Gasteiger partial charge < -0.3 is 19.3 Å². The van der Waals surface area contributed by atoms with Crippen LogP contribution in [0.1, 0.15) is 37.0 Å². The highest BCUT2D eigenvalue weighted by molar-refractivity contribution is 6.22. The van der Waals surface area contributed by atoms with E-state index in [1.165, 1.54) is 71.6 Å². The molecule has 14 rings (SSSR count). The number of hydrogen-bond donors (Lipinski definition) is 0. The smallest absolute Gasteiger partial charge is 0.151 e. The second kappa shape index (κ2) is 14.3. The Morgan fingerprint density at radius 1 is 0.448 bits per heavy atom. The van der Waals surface area contributed by atoms with Crippen LogP contribution in [0, 0.1) is 5.92 Å². The first-order valence-corrected chi connectivity index (χ1v) is 23.3. The molecule has 0 amide bonds. The van der Waals surface area contributed by atoms with E-state index in [0.29, 0.717) is 5.92 Å². The van der Waals surface area contributed by atoms with E-state index >= 15 is 0 Å². The zero-order chi connectivity index (χ0) is 44.4. The minimum absolute atomic E-state index is 0.164. The Morgan fingerprint density at radius 3 is 1.57 bits per heavy atom. The number of benzene rings is 9. The largest absolute Gasteiger partial charge is 0.453 e. The number of hydrogen-bond acceptors (Lipinski definition) is 4. The Labute approximate surface area is 390 Å². The van der Waals surface area contributed by atoms with E-state index in [9.17, 15) is 0 Å². The standard InChI is InChI=1S/C63H44N2O2/c1-63(2)50-20-6-5-18-46(50)62-47(19-15-21-51(62)63)61-45-35-33-42(64-52-22-7-11-26-56(52)66-57-27-12-8-23-53(57)64)37-48(45)60(41-31-30-39-16-3-4-17-40(39)36-41)44-34-32-43(38-49(44)61)65-54-24-9-13-28-58(54)67-59-29-14-10-25-55(59)65/h3-35,37-38,40H,36H2,1-2H3. The molecular weight excluding hydrogens is 817 g/mol. The van der Waals surface area contributed by atoms with E-state index in [1.54, 1.807) is 0 Å². The third-order valence-electron chi connectivity index (χ3n) is 14.8. The van der Waals surface area contributed by atoms with Crippen LogP contribution in [0.25, 0.3) is 49.4 Å². The van der Waals surface area contributed by atoms with Crippen LogP contribution in [-0.4, -0.2) is 0 Å². The molecule has 4 nitrogen and oxygen atoms in total. The molecule has 3 aliphatic carbocycles. The topological polar surface area (TPSA) is 24.9 Å². The Bertz CT molecular complexity index is 3640. The number of rotatable bonds is 4. The van der Waals surface area contributed by atoms with Gasteiger partial charge in [0.25, 0.3) is 0 Å². The summed E-state index contributed by atoms with van der Waals surface area (Å²) in [5, 5.41) is 4.87. The van der Waals surface area contributed by atoms with Gasteiger partial charge in [-0.2, -0.15) is 0 Å². The van der Waals surface area contributed by atoms with E-state index in [1.807, 2.05) is 12.1 Å². The molecule has 0 N–H and O–H groups in total. The van der Waals surface area contributed by atoms with Crippen LogP contribution in [0.4, 0.5) is 34.1 Å². The minimum atomic E-state index is -0.164. The lowest BCUT2D eigenvalue weighted by Crippen LogP contribution is -2.16. The lowest BCUT2D eigenvalue weighted by molar-refractivity contribution is 0.477. The number of nitrogens with zero attached hydrogens (tertiary/aromatic N) is 2. The highest BCUT2D eigenvalue weighted by Crippen LogP contribution is 2.58. The summed E-state index contributed by atoms with van der Waals surface area (Å²) in [7, 11) is 0. The van der Waals surface area contributed by atoms with Crippen molar-refractivity contribution in [2.45, 2.75) is 25.7 Å². The second-order valence-electron chi connectivity index (χ2n) is 18.8. The van der Waals surface area contributed by atoms with Gasteiger partial charge in [0, 0.05) is 22.7 Å². The summed E-state index contributed by atoms with van der Waals surface area (Å²) in [4.78, 5) is 4.75. The van der Waals surface area contributed by atoms with Gasteiger partial charge in [0.1, 0.15) is 0 Å². The first-order valence-electron chi connectivity index (χ1n) is 23.3. The molecule has 0 bridgehead atoms. The fraction of sp³-hybridized carbons (Fsp3) is 0.0794. The molecule has 2 heterocycles. The highest BCUT2D eigenvalue weighted by Gasteiger charge is 2.38. The third-order valence-corrected chi connectivity index (χ3v) is 14.8. The van der Waals surface area contributed by atoms with E-state index < -0.39 is 0 Å². The van der Waals surface area contributed by atoms with Crippen molar-refractivity contribution < 1.29 is 9.47 Å². The van der Waals surface area contributed by atoms with E-state index in [0.717, 1.165) is 63.5 Å². The maximum absolute atomic E-state index is 6.54. The van der Waals surface area contributed by atoms with Gasteiger partial charge in [-0.05, 0) is 151 Å². The van der Waals surface area contributed by atoms with Crippen molar-refractivity contribution in [3.05, 3.63) is 235 Å². The zero-order valence-electron chi connectivity index (χ0n) is 37.2. The maximum Gasteiger partial charge on any atom is 0.151 e. The molecule has 1 atom stereocenters. The molecule has 1 unspecified atom stereocenters. The number of ether oxygens (including phenoxy) is 2. The monoisotopic (exact) mass is 860 g/mol. The van der Waals surface area contributed by atoms with Crippen LogP contribution < -0.4 is 19.3 Å². The summed E-state index contributed by atoms with van der Waals surface area (Å²) in [5.41, 5.74) is 17.8. The van der Waals surface area contributed by atoms with Crippen LogP contribution in [0.3, 0.4) is 0 Å². The minimum Gasteiger partial charge on any atom is -0.453 e. The second-order valence-corrected chi connectivity index (χ2v) is 18.8. The van der Waals surface area contributed by atoms with Crippen molar-refractivity contribution in [2.75, 3.05) is 9.80 Å². The molecule has 0 spiro atoms. The molecule has 2 aliphatic heterocycles. The number of fused-ring (bicyclic) bond motifs is 10. The Kier molecular flexibility index (Phi) is 8.12. The SMILES string of the molecule is CC1(C)c2ccccc2-c2c(-c3c4ccc(N5c6ccccc6Oc6ccccc65)cc4c(C4=CC=C5C=CC=CC5C4)c4ccc(N5c6ccccc6Oc6ccccc65)cc34)cccc21. The van der Waals surface area contributed by atoms with Crippen molar-refractivity contribution >= 4 is 61.2 Å². The van der Waals surface area contributed by atoms with E-state index in [2.05, 4.69) is 224 Å². The average molecular weight is 861 g/mol. The van der Waals surface area contributed by atoms with Crippen LogP contribution in [0.15, 0.2) is 218 Å². The number of allylic oxidation sites excluding steroid dienone is 8. The van der Waals surface area contributed by atoms with Crippen molar-refractivity contribution in [1.29, 1.82) is 0 Å². The summed E-state index contributed by atoms with van der Waals surface area (Å²) in [5.74, 6) is 3.65. The predicted octanol–water partition coefficient (Wildman–Crippen LogP) is 17.6. The Morgan fingerprint density at radius 2 is 0.955 bits per heavy atom. The molecule has 4 heteroatoms. The zero-order valence-corrected chi connectivity index (χ0v) is 37.2. The Balaban J connectivity index is 1.12. The highest BCUT2D eigenvalue weighted by atomic mass is 16.5. The molecule has 9 aromatic carbocycles. The first-order chi connectivity index (χ1) is 33.0. The lowest BCUT2D eigenvalue weighted by atomic mass is 9.77. The van der Waals surface area contributed by atoms with Gasteiger partial charge in [0.05, 0.1) is 22.7 Å². The third kappa shape index (κ3) is 5.60. The van der Waals surface area contributed by atoms with Crippen LogP contribution in [0.2, 0.25) is 0 Å². The molecule has 67 heavy (non-hydrogen) atoms. The number of para-hydroxylation sites is 8. The van der Waals surface area contributed by atoms with Gasteiger partial charge >= 0.3 is 0 Å². The van der Waals surface area contributed by atoms with Gasteiger partial charge in [-0.3, -0.25) is 0 Å². The van der Waals surface area contributed by atoms with Crippen molar-refractivity contribution in [3.63, 3.8) is 0 Å². The Hall–Kier alpha value is -8.34. The summed E-state index contributed by atoms with van der Waals surface area (Å²) in [6.07, 6.45) is 14.6. The first kappa shape index (κ1) is 38.0. The van der Waals surface area contributed by atoms with E-state index in [-0.39, 0.29) is 5.41 Å². The van der Waals surface area contributed by atoms with E-state index in [4.69, 9.17) is 9.47 Å². The van der Waals surface area contributed by atoms with Crippen LogP contribution >= 0.6 is 0 Å². The summed E-state index contributed by atoms with van der Waals surface area (Å²) in [6.45, 7) is 4.76. The molecular formula is C63H44N2O2. The fourth-order valence-corrected chi connectivity index (χ4v) is 11.7. The molecule has 9 aromatic rings. The average Bonchev–Trinajstić information content (AvgIpc) is 3.61. The van der Waals surface area contributed by atoms with Gasteiger partial charge in [-0.15, -0.1) is 0 Å². The molecule has 5 aliphatic rings. The summed E-state index contributed by atoms with van der Waals surface area (Å²) < 4.78 is 13.1. The molecule has 0 saturated carbocycles. The quantitative estimate of drug-likeness (QED) is 0.165. The van der Waals surface area contributed by atoms with Crippen LogP contribution in [0.5, 0.6) is 23.0 Å². The predicted molar refractivity (Wildman–Crippen MR) is 276 cm³/mol. The normalized spacial score (nSPS) is 16.7. The van der Waals surface area contributed by atoms with Gasteiger partial charge in [0.15, 0.2) is 23.0 Å². The summed E-state index contributed by atoms with van der Waals surface area (Å²) in [6, 6.07) is 63.9. The van der Waals surface area contributed by atoms with Crippen LogP contribution in [-0.2, 0) is 5.41 Å². The molecule has 0 fully saturated rings. The fourth-order valence-electron chi connectivity index (χ4n) is 11.7. The lowest BCUT2D eigenvalue weighted by Gasteiger charge is -2.34. The van der Waals surface area contributed by atoms with Crippen molar-refractivity contribution in [3.8, 4) is 45.3 Å². The van der Waals surface area contributed by atoms with Gasteiger partial charge in [-0.1, -0.05) is 153 Å². The molecule has 0 saturated heterocycles. The molecule has 318 valence electrons. The number of anilines is 6. The molecule has 0 aromatic heterocycles. The summed E-state index contributed by atoms with van der Waals surface area (Å²) >= 11 is 0. The maximum atomic E-state index is 6.54. The van der Waals surface area contributed by atoms with Crippen molar-refractivity contribution in [2.24, 2.45) is 5.92 Å². The van der Waals surface area contributed by atoms with Crippen molar-refractivity contribution in [1.82, 2.24) is 0 Å². The van der Waals surface area contributed by atoms with Gasteiger partial charge in [0.2, 0.25) is 0 Å². The molecule has 0 radical (unpaired) electrons. The van der Waals surface area contributed by atoms with Gasteiger partial charge in [-0.25, -0.2) is 0 Å².